The van der Waals surface area contributed by atoms with Gasteiger partial charge in [-0.1, -0.05) is 13.3 Å². The molecule has 0 aliphatic carbocycles. The first-order valence-electron chi connectivity index (χ1n) is 7.99. The molecular weight excluding hydrogens is 250 g/mol. The second-order valence-corrected chi connectivity index (χ2v) is 6.06. The van der Waals surface area contributed by atoms with Crippen molar-refractivity contribution in [2.45, 2.75) is 71.0 Å². The molecule has 2 heterocycles. The van der Waals surface area contributed by atoms with Crippen LogP contribution in [0.3, 0.4) is 0 Å². The molecule has 1 aliphatic rings. The first-order valence-corrected chi connectivity index (χ1v) is 7.99. The molecule has 0 bridgehead atoms. The second kappa shape index (κ2) is 6.68. The summed E-state index contributed by atoms with van der Waals surface area (Å²) in [4.78, 5) is 6.96. The summed E-state index contributed by atoms with van der Waals surface area (Å²) >= 11 is 0. The Kier molecular flexibility index (Phi) is 5.16. The summed E-state index contributed by atoms with van der Waals surface area (Å²) in [6.07, 6.45) is 7.47. The molecule has 2 rings (SSSR count). The van der Waals surface area contributed by atoms with E-state index in [1.165, 1.54) is 32.4 Å². The van der Waals surface area contributed by atoms with Crippen molar-refractivity contribution in [3.63, 3.8) is 0 Å². The third-order valence-electron chi connectivity index (χ3n) is 4.99. The predicted molar refractivity (Wildman–Crippen MR) is 81.5 cm³/mol. The van der Waals surface area contributed by atoms with Crippen molar-refractivity contribution in [3.05, 3.63) is 12.2 Å². The maximum Gasteiger partial charge on any atom is 0.138 e. The molecule has 2 N–H and O–H groups in total. The molecule has 2 unspecified atom stereocenters. The smallest absolute Gasteiger partial charge is 0.138 e. The van der Waals surface area contributed by atoms with E-state index in [4.69, 9.17) is 5.73 Å². The minimum absolute atomic E-state index is 0.0605. The average Bonchev–Trinajstić information content (AvgIpc) is 2.94. The van der Waals surface area contributed by atoms with Gasteiger partial charge in [0, 0.05) is 24.5 Å². The molecule has 5 nitrogen and oxygen atoms in total. The van der Waals surface area contributed by atoms with Crippen LogP contribution in [0.15, 0.2) is 6.33 Å². The van der Waals surface area contributed by atoms with Gasteiger partial charge in [0.15, 0.2) is 0 Å². The van der Waals surface area contributed by atoms with Crippen molar-refractivity contribution in [3.8, 4) is 0 Å². The van der Waals surface area contributed by atoms with Crippen LogP contribution in [0.5, 0.6) is 0 Å². The molecule has 0 saturated carbocycles. The Morgan fingerprint density at radius 3 is 2.60 bits per heavy atom. The van der Waals surface area contributed by atoms with Crippen LogP contribution in [0, 0.1) is 0 Å². The number of nitrogens with zero attached hydrogens (tertiary/aromatic N) is 4. The molecule has 0 spiro atoms. The van der Waals surface area contributed by atoms with E-state index in [2.05, 4.69) is 35.8 Å². The second-order valence-electron chi connectivity index (χ2n) is 6.06. The van der Waals surface area contributed by atoms with Crippen LogP contribution in [0.2, 0.25) is 0 Å². The topological polar surface area (TPSA) is 60.0 Å². The lowest BCUT2D eigenvalue weighted by Gasteiger charge is -2.46. The van der Waals surface area contributed by atoms with Gasteiger partial charge in [0.05, 0.1) is 0 Å². The van der Waals surface area contributed by atoms with Gasteiger partial charge in [0.25, 0.3) is 0 Å². The number of aryl methyl sites for hydroxylation is 1. The van der Waals surface area contributed by atoms with Crippen LogP contribution in [-0.2, 0) is 13.0 Å². The number of hydrogen-bond acceptors (Lipinski definition) is 4. The highest BCUT2D eigenvalue weighted by Crippen LogP contribution is 2.27. The first-order chi connectivity index (χ1) is 9.61. The molecule has 0 radical (unpaired) electrons. The minimum atomic E-state index is 0.0605. The van der Waals surface area contributed by atoms with Crippen molar-refractivity contribution in [2.24, 2.45) is 5.73 Å². The van der Waals surface area contributed by atoms with Gasteiger partial charge in [-0.15, -0.1) is 0 Å². The van der Waals surface area contributed by atoms with Crippen LogP contribution in [0.1, 0.15) is 52.3 Å². The molecular formula is C15H29N5. The average molecular weight is 279 g/mol. The zero-order valence-electron chi connectivity index (χ0n) is 13.2. The van der Waals surface area contributed by atoms with Gasteiger partial charge >= 0.3 is 0 Å². The molecule has 0 aromatic carbocycles. The van der Waals surface area contributed by atoms with Gasteiger partial charge in [0.2, 0.25) is 0 Å². The van der Waals surface area contributed by atoms with Gasteiger partial charge in [-0.3, -0.25) is 9.58 Å². The minimum Gasteiger partial charge on any atom is -0.326 e. The van der Waals surface area contributed by atoms with Crippen LogP contribution in [0.25, 0.3) is 0 Å². The van der Waals surface area contributed by atoms with Crippen LogP contribution >= 0.6 is 0 Å². The first kappa shape index (κ1) is 15.4. The third-order valence-corrected chi connectivity index (χ3v) is 4.99. The van der Waals surface area contributed by atoms with Crippen LogP contribution in [0.4, 0.5) is 0 Å². The van der Waals surface area contributed by atoms with Crippen molar-refractivity contribution in [2.75, 3.05) is 13.1 Å². The summed E-state index contributed by atoms with van der Waals surface area (Å²) in [6, 6.07) is 0.0973. The molecule has 114 valence electrons. The van der Waals surface area contributed by atoms with E-state index in [0.29, 0.717) is 0 Å². The van der Waals surface area contributed by atoms with E-state index < -0.39 is 0 Å². The highest BCUT2D eigenvalue weighted by molar-refractivity contribution is 5.01. The largest absolute Gasteiger partial charge is 0.326 e. The molecule has 20 heavy (non-hydrogen) atoms. The molecule has 1 aliphatic heterocycles. The van der Waals surface area contributed by atoms with Crippen molar-refractivity contribution in [1.82, 2.24) is 19.7 Å². The Hall–Kier alpha value is -0.940. The number of likely N-dealkylation sites (tertiary alicyclic amines) is 1. The Balaban J connectivity index is 2.09. The third kappa shape index (κ3) is 3.04. The number of piperidine rings is 1. The lowest BCUT2D eigenvalue weighted by molar-refractivity contribution is 0.0538. The normalized spacial score (nSPS) is 21.6. The van der Waals surface area contributed by atoms with Gasteiger partial charge in [-0.25, -0.2) is 4.98 Å². The molecule has 1 aromatic rings. The van der Waals surface area contributed by atoms with E-state index in [-0.39, 0.29) is 11.6 Å². The SMILES string of the molecule is CCn1ncnc1CC(N)C(C)(CC)N1CCCCC1. The fourth-order valence-corrected chi connectivity index (χ4v) is 3.25. The van der Waals surface area contributed by atoms with Gasteiger partial charge in [-0.05, 0) is 46.2 Å². The lowest BCUT2D eigenvalue weighted by atomic mass is 9.84. The molecule has 1 saturated heterocycles. The summed E-state index contributed by atoms with van der Waals surface area (Å²) in [5.41, 5.74) is 6.65. The number of rotatable bonds is 6. The monoisotopic (exact) mass is 279 g/mol. The zero-order chi connectivity index (χ0) is 14.6. The Labute approximate surface area is 122 Å². The molecule has 0 amide bonds. The van der Waals surface area contributed by atoms with Crippen molar-refractivity contribution in [1.29, 1.82) is 0 Å². The maximum absolute atomic E-state index is 6.59. The number of hydrogen-bond donors (Lipinski definition) is 1. The maximum atomic E-state index is 6.59. The van der Waals surface area contributed by atoms with E-state index in [1.807, 2.05) is 4.68 Å². The van der Waals surface area contributed by atoms with Crippen LogP contribution in [-0.4, -0.2) is 44.3 Å². The molecule has 5 heteroatoms. The van der Waals surface area contributed by atoms with Gasteiger partial charge in [-0.2, -0.15) is 5.10 Å². The number of nitrogens with two attached hydrogens (primary N) is 1. The summed E-state index contributed by atoms with van der Waals surface area (Å²) in [5.74, 6) is 1.01. The van der Waals surface area contributed by atoms with E-state index >= 15 is 0 Å². The van der Waals surface area contributed by atoms with E-state index in [0.717, 1.165) is 25.2 Å². The van der Waals surface area contributed by atoms with Gasteiger partial charge in [0.1, 0.15) is 12.2 Å². The van der Waals surface area contributed by atoms with E-state index in [9.17, 15) is 0 Å². The highest BCUT2D eigenvalue weighted by atomic mass is 15.3. The van der Waals surface area contributed by atoms with Gasteiger partial charge < -0.3 is 5.73 Å². The lowest BCUT2D eigenvalue weighted by Crippen LogP contribution is -2.60. The van der Waals surface area contributed by atoms with Crippen LogP contribution < -0.4 is 5.73 Å². The Morgan fingerprint density at radius 1 is 1.30 bits per heavy atom. The summed E-state index contributed by atoms with van der Waals surface area (Å²) in [6.45, 7) is 9.87. The standard InChI is InChI=1S/C15H29N5/c1-4-15(3,19-9-7-6-8-10-19)13(16)11-14-17-12-18-20(14)5-2/h12-13H,4-11,16H2,1-3H3. The van der Waals surface area contributed by atoms with Crippen molar-refractivity contribution < 1.29 is 0 Å². The Morgan fingerprint density at radius 2 is 2.00 bits per heavy atom. The fraction of sp³-hybridized carbons (Fsp3) is 0.867. The summed E-state index contributed by atoms with van der Waals surface area (Å²) < 4.78 is 1.95. The Bertz CT molecular complexity index is 410. The zero-order valence-corrected chi connectivity index (χ0v) is 13.2. The predicted octanol–water partition coefficient (Wildman–Crippen LogP) is 1.82. The summed E-state index contributed by atoms with van der Waals surface area (Å²) in [7, 11) is 0. The number of aromatic nitrogens is 3. The molecule has 1 fully saturated rings. The molecule has 1 aromatic heterocycles. The fourth-order valence-electron chi connectivity index (χ4n) is 3.25. The van der Waals surface area contributed by atoms with Crippen molar-refractivity contribution >= 4 is 0 Å². The summed E-state index contributed by atoms with van der Waals surface area (Å²) in [5, 5.41) is 4.24. The quantitative estimate of drug-likeness (QED) is 0.863. The highest BCUT2D eigenvalue weighted by Gasteiger charge is 2.37. The molecule has 2 atom stereocenters. The van der Waals surface area contributed by atoms with E-state index in [1.54, 1.807) is 6.33 Å².